The van der Waals surface area contributed by atoms with E-state index in [1.807, 2.05) is 6.07 Å². The zero-order valence-corrected chi connectivity index (χ0v) is 16.6. The number of anilines is 1. The molecular formula is C18H16ClN9O2. The standard InChI is InChI=1S/C18H16ClN9O2/c1-26-15-17(23-25-26)21-8-28(18(15)29)7-13-22-16(24-30-13)14-10-5-27(6-11(10)14)12-4-9(19)2-3-20-12/h2-4,8,10-11,14H,5-7H2,1H3. The molecule has 2 unspecified atom stereocenters. The van der Waals surface area contributed by atoms with Crippen LogP contribution in [-0.4, -0.2) is 52.8 Å². The highest BCUT2D eigenvalue weighted by Crippen LogP contribution is 2.57. The summed E-state index contributed by atoms with van der Waals surface area (Å²) in [6, 6.07) is 3.66. The summed E-state index contributed by atoms with van der Waals surface area (Å²) in [7, 11) is 1.65. The highest BCUT2D eigenvalue weighted by atomic mass is 35.5. The van der Waals surface area contributed by atoms with E-state index >= 15 is 0 Å². The lowest BCUT2D eigenvalue weighted by atomic mass is 10.2. The minimum absolute atomic E-state index is 0.153. The number of aromatic nitrogens is 8. The summed E-state index contributed by atoms with van der Waals surface area (Å²) in [6.07, 6.45) is 3.14. The number of aryl methyl sites for hydroxylation is 1. The number of piperidine rings is 1. The number of pyridine rings is 1. The predicted octanol–water partition coefficient (Wildman–Crippen LogP) is 0.854. The van der Waals surface area contributed by atoms with Gasteiger partial charge in [0, 0.05) is 37.3 Å². The van der Waals surface area contributed by atoms with Crippen molar-refractivity contribution in [2.45, 2.75) is 12.5 Å². The molecule has 30 heavy (non-hydrogen) atoms. The first kappa shape index (κ1) is 17.5. The number of halogens is 1. The van der Waals surface area contributed by atoms with E-state index < -0.39 is 0 Å². The highest BCUT2D eigenvalue weighted by Gasteiger charge is 2.58. The molecule has 2 atom stereocenters. The van der Waals surface area contributed by atoms with Crippen LogP contribution in [0.15, 0.2) is 34.0 Å². The smallest absolute Gasteiger partial charge is 0.281 e. The maximum Gasteiger partial charge on any atom is 0.281 e. The molecule has 1 aliphatic carbocycles. The second-order valence-corrected chi connectivity index (χ2v) is 8.14. The zero-order valence-electron chi connectivity index (χ0n) is 15.9. The molecule has 0 spiro atoms. The van der Waals surface area contributed by atoms with Crippen molar-refractivity contribution in [1.29, 1.82) is 0 Å². The molecule has 2 fully saturated rings. The summed E-state index contributed by atoms with van der Waals surface area (Å²) < 4.78 is 8.24. The summed E-state index contributed by atoms with van der Waals surface area (Å²) in [5, 5.41) is 12.5. The lowest BCUT2D eigenvalue weighted by Crippen LogP contribution is -2.24. The Labute approximate surface area is 174 Å². The molecule has 11 nitrogen and oxygen atoms in total. The Kier molecular flexibility index (Phi) is 3.69. The second kappa shape index (κ2) is 6.33. The minimum atomic E-state index is -0.250. The number of hydrogen-bond donors (Lipinski definition) is 0. The molecule has 0 aromatic carbocycles. The van der Waals surface area contributed by atoms with Gasteiger partial charge in [0.25, 0.3) is 5.56 Å². The third kappa shape index (κ3) is 2.69. The second-order valence-electron chi connectivity index (χ2n) is 7.70. The average molecular weight is 426 g/mol. The van der Waals surface area contributed by atoms with Crippen LogP contribution >= 0.6 is 11.6 Å². The van der Waals surface area contributed by atoms with Crippen LogP contribution < -0.4 is 10.5 Å². The Morgan fingerprint density at radius 3 is 2.90 bits per heavy atom. The first-order chi connectivity index (χ1) is 14.6. The fourth-order valence-corrected chi connectivity index (χ4v) is 4.52. The maximum absolute atomic E-state index is 12.6. The van der Waals surface area contributed by atoms with Crippen LogP contribution in [0, 0.1) is 11.8 Å². The molecule has 2 aliphatic rings. The Bertz CT molecular complexity index is 1320. The maximum atomic E-state index is 12.6. The van der Waals surface area contributed by atoms with Crippen molar-refractivity contribution in [3.05, 3.63) is 51.7 Å². The van der Waals surface area contributed by atoms with Crippen LogP contribution in [0.25, 0.3) is 11.2 Å². The van der Waals surface area contributed by atoms with E-state index in [1.54, 1.807) is 19.3 Å². The Morgan fingerprint density at radius 2 is 2.10 bits per heavy atom. The fourth-order valence-electron chi connectivity index (χ4n) is 4.37. The number of hydrogen-bond acceptors (Lipinski definition) is 9. The average Bonchev–Trinajstić information content (AvgIpc) is 3.16. The van der Waals surface area contributed by atoms with Gasteiger partial charge in [-0.05, 0) is 24.0 Å². The van der Waals surface area contributed by atoms with Crippen molar-refractivity contribution < 1.29 is 4.52 Å². The summed E-state index contributed by atoms with van der Waals surface area (Å²) in [4.78, 5) is 28.0. The van der Waals surface area contributed by atoms with Gasteiger partial charge in [-0.3, -0.25) is 9.36 Å². The van der Waals surface area contributed by atoms with Crippen LogP contribution in [0.3, 0.4) is 0 Å². The van der Waals surface area contributed by atoms with Crippen molar-refractivity contribution in [3.8, 4) is 0 Å². The Hall–Kier alpha value is -3.34. The third-order valence-electron chi connectivity index (χ3n) is 5.90. The molecule has 4 aromatic rings. The SMILES string of the molecule is Cn1nnc2ncn(Cc3nc(C4C5CN(c6cc(Cl)ccn6)CC54)no3)c(=O)c21. The van der Waals surface area contributed by atoms with Crippen molar-refractivity contribution in [2.75, 3.05) is 18.0 Å². The van der Waals surface area contributed by atoms with Crippen LogP contribution in [0.2, 0.25) is 5.02 Å². The van der Waals surface area contributed by atoms with Gasteiger partial charge >= 0.3 is 0 Å². The number of rotatable bonds is 4. The molecule has 4 aromatic heterocycles. The first-order valence-electron chi connectivity index (χ1n) is 9.52. The van der Waals surface area contributed by atoms with Gasteiger partial charge in [-0.25, -0.2) is 14.6 Å². The van der Waals surface area contributed by atoms with E-state index in [1.165, 1.54) is 15.6 Å². The first-order valence-corrected chi connectivity index (χ1v) is 9.90. The Morgan fingerprint density at radius 1 is 1.27 bits per heavy atom. The van der Waals surface area contributed by atoms with Crippen molar-refractivity contribution >= 4 is 28.6 Å². The number of nitrogens with zero attached hydrogens (tertiary/aromatic N) is 9. The quantitative estimate of drug-likeness (QED) is 0.468. The lowest BCUT2D eigenvalue weighted by Gasteiger charge is -2.20. The van der Waals surface area contributed by atoms with Gasteiger partial charge in [0.15, 0.2) is 11.3 Å². The molecule has 0 N–H and O–H groups in total. The van der Waals surface area contributed by atoms with Gasteiger partial charge in [-0.1, -0.05) is 22.0 Å². The van der Waals surface area contributed by atoms with Gasteiger partial charge < -0.3 is 9.42 Å². The normalized spacial score (nSPS) is 22.6. The van der Waals surface area contributed by atoms with E-state index in [4.69, 9.17) is 16.1 Å². The van der Waals surface area contributed by atoms with E-state index in [-0.39, 0.29) is 18.0 Å². The molecule has 1 saturated heterocycles. The molecule has 12 heteroatoms. The summed E-state index contributed by atoms with van der Waals surface area (Å²) >= 11 is 6.07. The molecule has 152 valence electrons. The summed E-state index contributed by atoms with van der Waals surface area (Å²) in [5.41, 5.74) is 0.401. The monoisotopic (exact) mass is 425 g/mol. The lowest BCUT2D eigenvalue weighted by molar-refractivity contribution is 0.363. The van der Waals surface area contributed by atoms with Gasteiger partial charge in [0.1, 0.15) is 18.7 Å². The minimum Gasteiger partial charge on any atom is -0.356 e. The summed E-state index contributed by atoms with van der Waals surface area (Å²) in [6.45, 7) is 1.93. The van der Waals surface area contributed by atoms with E-state index in [9.17, 15) is 4.79 Å². The molecular weight excluding hydrogens is 410 g/mol. The van der Waals surface area contributed by atoms with Crippen LogP contribution in [0.1, 0.15) is 17.6 Å². The largest absolute Gasteiger partial charge is 0.356 e. The van der Waals surface area contributed by atoms with Crippen molar-refractivity contribution in [2.24, 2.45) is 18.9 Å². The van der Waals surface area contributed by atoms with Crippen LogP contribution in [0.4, 0.5) is 5.82 Å². The van der Waals surface area contributed by atoms with Gasteiger partial charge in [-0.15, -0.1) is 5.10 Å². The zero-order chi connectivity index (χ0) is 20.4. The van der Waals surface area contributed by atoms with E-state index in [2.05, 4.69) is 35.3 Å². The molecule has 6 rings (SSSR count). The van der Waals surface area contributed by atoms with E-state index in [0.717, 1.165) is 18.9 Å². The van der Waals surface area contributed by atoms with Gasteiger partial charge in [0.05, 0.1) is 0 Å². The van der Waals surface area contributed by atoms with Gasteiger partial charge in [-0.2, -0.15) is 4.98 Å². The topological polar surface area (TPSA) is 121 Å². The number of fused-ring (bicyclic) bond motifs is 2. The molecule has 5 heterocycles. The molecule has 1 saturated carbocycles. The van der Waals surface area contributed by atoms with Crippen molar-refractivity contribution in [1.82, 2.24) is 39.7 Å². The van der Waals surface area contributed by atoms with Crippen LogP contribution in [-0.2, 0) is 13.6 Å². The van der Waals surface area contributed by atoms with Gasteiger partial charge in [0.2, 0.25) is 11.5 Å². The molecule has 0 amide bonds. The molecule has 0 bridgehead atoms. The predicted molar refractivity (Wildman–Crippen MR) is 105 cm³/mol. The van der Waals surface area contributed by atoms with E-state index in [0.29, 0.717) is 39.7 Å². The highest BCUT2D eigenvalue weighted by molar-refractivity contribution is 6.30. The third-order valence-corrected chi connectivity index (χ3v) is 6.14. The summed E-state index contributed by atoms with van der Waals surface area (Å²) in [5.74, 6) is 3.19. The molecule has 1 aliphatic heterocycles. The Balaban J connectivity index is 1.17. The molecule has 0 radical (unpaired) electrons. The fraction of sp³-hybridized carbons (Fsp3) is 0.389. The van der Waals surface area contributed by atoms with Crippen LogP contribution in [0.5, 0.6) is 0 Å². The van der Waals surface area contributed by atoms with Crippen molar-refractivity contribution in [3.63, 3.8) is 0 Å².